The first-order valence-corrected chi connectivity index (χ1v) is 8.73. The SMILES string of the molecule is CCc1cc([N+](=O)[O-])c([PH](=O)O)cc1Oc1ncc(C(F)(F)F)cc1Cl. The van der Waals surface area contributed by atoms with Crippen molar-refractivity contribution in [3.8, 4) is 11.6 Å². The number of pyridine rings is 1. The molecule has 1 N–H and O–H groups in total. The number of benzene rings is 1. The van der Waals surface area contributed by atoms with Crippen LogP contribution in [0.1, 0.15) is 18.1 Å². The summed E-state index contributed by atoms with van der Waals surface area (Å²) >= 11 is 5.76. The van der Waals surface area contributed by atoms with Crippen LogP contribution < -0.4 is 10.0 Å². The van der Waals surface area contributed by atoms with E-state index in [4.69, 9.17) is 16.3 Å². The molecule has 12 heteroatoms. The highest BCUT2D eigenvalue weighted by Crippen LogP contribution is 2.37. The Hall–Kier alpha value is -2.16. The predicted molar refractivity (Wildman–Crippen MR) is 87.7 cm³/mol. The average molecular weight is 411 g/mol. The maximum atomic E-state index is 12.6. The van der Waals surface area contributed by atoms with E-state index in [1.807, 2.05) is 0 Å². The van der Waals surface area contributed by atoms with E-state index in [2.05, 4.69) is 4.98 Å². The lowest BCUT2D eigenvalue weighted by molar-refractivity contribution is -0.383. The van der Waals surface area contributed by atoms with Crippen molar-refractivity contribution in [3.05, 3.63) is 50.7 Å². The van der Waals surface area contributed by atoms with Gasteiger partial charge in [0.05, 0.1) is 10.5 Å². The minimum Gasteiger partial charge on any atom is -0.437 e. The fourth-order valence-corrected chi connectivity index (χ4v) is 2.91. The fraction of sp³-hybridized carbons (Fsp3) is 0.214. The monoisotopic (exact) mass is 410 g/mol. The molecule has 2 rings (SSSR count). The number of ether oxygens (including phenoxy) is 1. The zero-order valence-electron chi connectivity index (χ0n) is 13.0. The summed E-state index contributed by atoms with van der Waals surface area (Å²) in [5.41, 5.74) is -1.33. The van der Waals surface area contributed by atoms with Crippen LogP contribution in [0.3, 0.4) is 0 Å². The van der Waals surface area contributed by atoms with Gasteiger partial charge in [0.1, 0.15) is 16.1 Å². The standard InChI is InChI=1S/C14H11ClF3N2O5P/c1-2-7-3-10(20(21)22)12(26(23)24)5-11(7)25-13-9(15)4-8(6-19-13)14(16,17)18/h3-6,26H,2H2,1H3,(H,23,24). The van der Waals surface area contributed by atoms with Crippen molar-refractivity contribution in [1.82, 2.24) is 4.98 Å². The summed E-state index contributed by atoms with van der Waals surface area (Å²) in [7, 11) is -3.43. The normalized spacial score (nSPS) is 12.7. The lowest BCUT2D eigenvalue weighted by Gasteiger charge is -2.13. The number of hydrogen-bond donors (Lipinski definition) is 1. The van der Waals surface area contributed by atoms with Crippen molar-refractivity contribution in [1.29, 1.82) is 0 Å². The van der Waals surface area contributed by atoms with Crippen LogP contribution in [-0.2, 0) is 17.2 Å². The van der Waals surface area contributed by atoms with Crippen molar-refractivity contribution in [2.45, 2.75) is 19.5 Å². The Morgan fingerprint density at radius 3 is 2.50 bits per heavy atom. The summed E-state index contributed by atoms with van der Waals surface area (Å²) in [6.07, 6.45) is -3.86. The minimum atomic E-state index is -4.64. The maximum absolute atomic E-state index is 12.6. The molecule has 2 aromatic rings. The van der Waals surface area contributed by atoms with E-state index in [0.717, 1.165) is 12.1 Å². The molecule has 26 heavy (non-hydrogen) atoms. The average Bonchev–Trinajstić information content (AvgIpc) is 2.54. The molecule has 0 saturated heterocycles. The molecule has 1 aromatic carbocycles. The third kappa shape index (κ3) is 4.32. The number of nitrogens with zero attached hydrogens (tertiary/aromatic N) is 2. The molecule has 0 spiro atoms. The third-order valence-corrected chi connectivity index (χ3v) is 4.46. The van der Waals surface area contributed by atoms with Crippen LogP contribution in [-0.4, -0.2) is 14.8 Å². The number of hydrogen-bond acceptors (Lipinski definition) is 5. The van der Waals surface area contributed by atoms with E-state index >= 15 is 0 Å². The summed E-state index contributed by atoms with van der Waals surface area (Å²) in [6.45, 7) is 1.65. The number of aryl methyl sites for hydroxylation is 1. The van der Waals surface area contributed by atoms with Crippen LogP contribution in [0.25, 0.3) is 0 Å². The lowest BCUT2D eigenvalue weighted by atomic mass is 10.1. The Kier molecular flexibility index (Phi) is 5.90. The Labute approximate surface area is 150 Å². The van der Waals surface area contributed by atoms with Gasteiger partial charge in [0.2, 0.25) is 13.9 Å². The zero-order valence-corrected chi connectivity index (χ0v) is 14.8. The third-order valence-electron chi connectivity index (χ3n) is 3.33. The molecule has 0 fully saturated rings. The first-order chi connectivity index (χ1) is 12.0. The van der Waals surface area contributed by atoms with E-state index in [1.165, 1.54) is 0 Å². The first-order valence-electron chi connectivity index (χ1n) is 6.99. The van der Waals surface area contributed by atoms with Crippen LogP contribution in [0.4, 0.5) is 18.9 Å². The van der Waals surface area contributed by atoms with Crippen LogP contribution in [0.2, 0.25) is 5.02 Å². The highest BCUT2D eigenvalue weighted by Gasteiger charge is 2.32. The van der Waals surface area contributed by atoms with E-state index in [1.54, 1.807) is 6.92 Å². The van der Waals surface area contributed by atoms with Crippen molar-refractivity contribution in [2.24, 2.45) is 0 Å². The molecule has 140 valence electrons. The minimum absolute atomic E-state index is 0.0605. The number of rotatable bonds is 5. The number of halogens is 4. The molecule has 1 aromatic heterocycles. The maximum Gasteiger partial charge on any atom is 0.417 e. The van der Waals surface area contributed by atoms with Gasteiger partial charge in [0.25, 0.3) is 5.69 Å². The van der Waals surface area contributed by atoms with Crippen molar-refractivity contribution in [3.63, 3.8) is 0 Å². The summed E-state index contributed by atoms with van der Waals surface area (Å²) in [4.78, 5) is 23.1. The molecule has 0 amide bonds. The highest BCUT2D eigenvalue weighted by atomic mass is 35.5. The van der Waals surface area contributed by atoms with Gasteiger partial charge < -0.3 is 9.63 Å². The van der Waals surface area contributed by atoms with Gasteiger partial charge in [-0.25, -0.2) is 4.98 Å². The largest absolute Gasteiger partial charge is 0.437 e. The Bertz CT molecular complexity index is 892. The topological polar surface area (TPSA) is 103 Å². The van der Waals surface area contributed by atoms with Gasteiger partial charge in [-0.2, -0.15) is 13.2 Å². The van der Waals surface area contributed by atoms with E-state index < -0.39 is 40.7 Å². The van der Waals surface area contributed by atoms with Gasteiger partial charge in [-0.05, 0) is 12.5 Å². The van der Waals surface area contributed by atoms with Crippen molar-refractivity contribution in [2.75, 3.05) is 0 Å². The fourth-order valence-electron chi connectivity index (χ4n) is 2.06. The first kappa shape index (κ1) is 20.2. The Morgan fingerprint density at radius 1 is 1.38 bits per heavy atom. The summed E-state index contributed by atoms with van der Waals surface area (Å²) in [5, 5.41) is 10.2. The van der Waals surface area contributed by atoms with Gasteiger partial charge in [0.15, 0.2) is 0 Å². The zero-order chi connectivity index (χ0) is 19.6. The number of nitro benzene ring substituents is 1. The second-order valence-electron chi connectivity index (χ2n) is 5.00. The van der Waals surface area contributed by atoms with E-state index in [9.17, 15) is 32.7 Å². The summed E-state index contributed by atoms with van der Waals surface area (Å²) < 4.78 is 54.7. The van der Waals surface area contributed by atoms with Gasteiger partial charge in [-0.3, -0.25) is 14.7 Å². The molecule has 0 aliphatic carbocycles. The second kappa shape index (κ2) is 7.61. The molecule has 0 bridgehead atoms. The Balaban J connectivity index is 2.51. The van der Waals surface area contributed by atoms with Crippen molar-refractivity contribution < 1.29 is 32.3 Å². The lowest BCUT2D eigenvalue weighted by Crippen LogP contribution is -2.09. The number of alkyl halides is 3. The van der Waals surface area contributed by atoms with Crippen LogP contribution in [0.5, 0.6) is 11.6 Å². The van der Waals surface area contributed by atoms with Crippen LogP contribution in [0.15, 0.2) is 24.4 Å². The molecule has 1 heterocycles. The molecule has 1 unspecified atom stereocenters. The van der Waals surface area contributed by atoms with Crippen molar-refractivity contribution >= 4 is 30.6 Å². The molecule has 0 saturated carbocycles. The number of aromatic nitrogens is 1. The second-order valence-corrected chi connectivity index (χ2v) is 6.56. The van der Waals surface area contributed by atoms with E-state index in [-0.39, 0.29) is 18.1 Å². The molecule has 1 atom stereocenters. The number of nitro groups is 1. The van der Waals surface area contributed by atoms with Crippen LogP contribution in [0, 0.1) is 10.1 Å². The highest BCUT2D eigenvalue weighted by molar-refractivity contribution is 7.47. The molecule has 0 aliphatic rings. The molecular formula is C14H11ClF3N2O5P. The van der Waals surface area contributed by atoms with E-state index in [0.29, 0.717) is 17.8 Å². The molecule has 7 nitrogen and oxygen atoms in total. The molecular weight excluding hydrogens is 400 g/mol. The quantitative estimate of drug-likeness (QED) is 0.452. The predicted octanol–water partition coefficient (Wildman–Crippen LogP) is 4.11. The van der Waals surface area contributed by atoms with Crippen LogP contribution >= 0.6 is 19.6 Å². The molecule has 0 radical (unpaired) electrons. The smallest absolute Gasteiger partial charge is 0.417 e. The Morgan fingerprint density at radius 2 is 2.04 bits per heavy atom. The molecule has 0 aliphatic heterocycles. The summed E-state index contributed by atoms with van der Waals surface area (Å²) in [6, 6.07) is 2.69. The van der Waals surface area contributed by atoms with Gasteiger partial charge in [0, 0.05) is 23.9 Å². The summed E-state index contributed by atoms with van der Waals surface area (Å²) in [5.74, 6) is -0.429. The van der Waals surface area contributed by atoms with Gasteiger partial charge in [-0.1, -0.05) is 18.5 Å². The van der Waals surface area contributed by atoms with Gasteiger partial charge >= 0.3 is 6.18 Å². The van der Waals surface area contributed by atoms with Gasteiger partial charge in [-0.15, -0.1) is 0 Å².